The van der Waals surface area contributed by atoms with Gasteiger partial charge in [0.1, 0.15) is 12.1 Å². The SMILES string of the molecule is CSCC(C)N(C)c1cc(F)ncn1. The van der Waals surface area contributed by atoms with E-state index in [9.17, 15) is 4.39 Å². The number of rotatable bonds is 4. The van der Waals surface area contributed by atoms with Gasteiger partial charge in [-0.3, -0.25) is 0 Å². The Labute approximate surface area is 87.7 Å². The molecule has 1 aromatic rings. The van der Waals surface area contributed by atoms with Gasteiger partial charge in [-0.1, -0.05) is 0 Å². The summed E-state index contributed by atoms with van der Waals surface area (Å²) < 4.78 is 12.8. The fourth-order valence-electron chi connectivity index (χ4n) is 1.10. The fourth-order valence-corrected chi connectivity index (χ4v) is 1.80. The Kier molecular flexibility index (Phi) is 4.13. The summed E-state index contributed by atoms with van der Waals surface area (Å²) in [4.78, 5) is 9.37. The first kappa shape index (κ1) is 11.2. The van der Waals surface area contributed by atoms with Crippen molar-refractivity contribution in [3.05, 3.63) is 18.3 Å². The van der Waals surface area contributed by atoms with Gasteiger partial charge in [0.25, 0.3) is 0 Å². The lowest BCUT2D eigenvalue weighted by atomic mass is 10.3. The van der Waals surface area contributed by atoms with Crippen LogP contribution in [0.2, 0.25) is 0 Å². The van der Waals surface area contributed by atoms with Crippen molar-refractivity contribution in [2.75, 3.05) is 24.0 Å². The van der Waals surface area contributed by atoms with Crippen LogP contribution in [0.5, 0.6) is 0 Å². The second-order valence-corrected chi connectivity index (χ2v) is 4.02. The molecule has 0 fully saturated rings. The Morgan fingerprint density at radius 1 is 1.57 bits per heavy atom. The summed E-state index contributed by atoms with van der Waals surface area (Å²) in [6.07, 6.45) is 3.29. The molecular formula is C9H14FN3S. The predicted molar refractivity (Wildman–Crippen MR) is 58.2 cm³/mol. The molecule has 14 heavy (non-hydrogen) atoms. The van der Waals surface area contributed by atoms with Crippen molar-refractivity contribution in [3.63, 3.8) is 0 Å². The van der Waals surface area contributed by atoms with Crippen molar-refractivity contribution < 1.29 is 4.39 Å². The van der Waals surface area contributed by atoms with E-state index in [0.29, 0.717) is 11.9 Å². The van der Waals surface area contributed by atoms with Crippen LogP contribution in [0.3, 0.4) is 0 Å². The standard InChI is InChI=1S/C9H14FN3S/c1-7(5-14-3)13(2)9-4-8(10)11-6-12-9/h4,6-7H,5H2,1-3H3. The monoisotopic (exact) mass is 215 g/mol. The highest BCUT2D eigenvalue weighted by atomic mass is 32.2. The van der Waals surface area contributed by atoms with Crippen molar-refractivity contribution in [3.8, 4) is 0 Å². The zero-order valence-corrected chi connectivity index (χ0v) is 9.38. The summed E-state index contributed by atoms with van der Waals surface area (Å²) in [5.41, 5.74) is 0. The number of anilines is 1. The zero-order chi connectivity index (χ0) is 10.6. The van der Waals surface area contributed by atoms with Crippen LogP contribution in [-0.2, 0) is 0 Å². The van der Waals surface area contributed by atoms with Gasteiger partial charge >= 0.3 is 0 Å². The highest BCUT2D eigenvalue weighted by Crippen LogP contribution is 2.13. The Morgan fingerprint density at radius 2 is 2.29 bits per heavy atom. The molecule has 0 amide bonds. The van der Waals surface area contributed by atoms with Crippen LogP contribution in [0.1, 0.15) is 6.92 Å². The Balaban J connectivity index is 2.73. The van der Waals surface area contributed by atoms with Crippen molar-refractivity contribution in [1.82, 2.24) is 9.97 Å². The third-order valence-electron chi connectivity index (χ3n) is 2.05. The van der Waals surface area contributed by atoms with E-state index in [1.807, 2.05) is 18.2 Å². The molecule has 1 aromatic heterocycles. The summed E-state index contributed by atoms with van der Waals surface area (Å²) >= 11 is 1.76. The number of halogens is 1. The summed E-state index contributed by atoms with van der Waals surface area (Å²) in [5, 5.41) is 0. The fraction of sp³-hybridized carbons (Fsp3) is 0.556. The average molecular weight is 215 g/mol. The molecular weight excluding hydrogens is 201 g/mol. The highest BCUT2D eigenvalue weighted by Gasteiger charge is 2.10. The van der Waals surface area contributed by atoms with Gasteiger partial charge in [0.05, 0.1) is 0 Å². The molecule has 1 rings (SSSR count). The number of aromatic nitrogens is 2. The summed E-state index contributed by atoms with van der Waals surface area (Å²) in [6, 6.07) is 1.68. The molecule has 5 heteroatoms. The van der Waals surface area contributed by atoms with Gasteiger partial charge < -0.3 is 4.90 Å². The molecule has 0 saturated heterocycles. The molecule has 0 aliphatic carbocycles. The molecule has 0 bridgehead atoms. The first-order valence-electron chi connectivity index (χ1n) is 4.34. The maximum absolute atomic E-state index is 12.8. The molecule has 78 valence electrons. The maximum Gasteiger partial charge on any atom is 0.218 e. The van der Waals surface area contributed by atoms with Crippen molar-refractivity contribution in [1.29, 1.82) is 0 Å². The second-order valence-electron chi connectivity index (χ2n) is 3.11. The van der Waals surface area contributed by atoms with Gasteiger partial charge in [0.15, 0.2) is 0 Å². The van der Waals surface area contributed by atoms with E-state index >= 15 is 0 Å². The quantitative estimate of drug-likeness (QED) is 0.716. The van der Waals surface area contributed by atoms with Gasteiger partial charge in [-0.2, -0.15) is 16.2 Å². The predicted octanol–water partition coefficient (Wildman–Crippen LogP) is 1.80. The lowest BCUT2D eigenvalue weighted by molar-refractivity contribution is 0.577. The van der Waals surface area contributed by atoms with Crippen molar-refractivity contribution in [2.45, 2.75) is 13.0 Å². The Bertz CT molecular complexity index is 295. The number of hydrogen-bond acceptors (Lipinski definition) is 4. The van der Waals surface area contributed by atoms with Crippen LogP contribution >= 0.6 is 11.8 Å². The van der Waals surface area contributed by atoms with Crippen molar-refractivity contribution >= 4 is 17.6 Å². The molecule has 0 radical (unpaired) electrons. The van der Waals surface area contributed by atoms with E-state index in [1.165, 1.54) is 12.4 Å². The van der Waals surface area contributed by atoms with E-state index < -0.39 is 5.95 Å². The molecule has 0 saturated carbocycles. The number of thioether (sulfide) groups is 1. The molecule has 0 aromatic carbocycles. The minimum atomic E-state index is -0.488. The second kappa shape index (κ2) is 5.14. The lowest BCUT2D eigenvalue weighted by Crippen LogP contribution is -2.31. The molecule has 1 atom stereocenters. The van der Waals surface area contributed by atoms with Crippen LogP contribution < -0.4 is 4.90 Å². The third kappa shape index (κ3) is 2.83. The van der Waals surface area contributed by atoms with E-state index in [-0.39, 0.29) is 0 Å². The summed E-state index contributed by atoms with van der Waals surface area (Å²) in [6.45, 7) is 2.08. The van der Waals surface area contributed by atoms with Crippen LogP contribution in [0.4, 0.5) is 10.2 Å². The van der Waals surface area contributed by atoms with Gasteiger partial charge in [-0.05, 0) is 13.2 Å². The van der Waals surface area contributed by atoms with E-state index in [1.54, 1.807) is 11.8 Å². The summed E-state index contributed by atoms with van der Waals surface area (Å²) in [5.74, 6) is 1.12. The van der Waals surface area contributed by atoms with Crippen LogP contribution in [0, 0.1) is 5.95 Å². The topological polar surface area (TPSA) is 29.0 Å². The van der Waals surface area contributed by atoms with E-state index in [2.05, 4.69) is 16.9 Å². The molecule has 0 aliphatic heterocycles. The minimum absolute atomic E-state index is 0.333. The lowest BCUT2D eigenvalue weighted by Gasteiger charge is -2.24. The first-order valence-corrected chi connectivity index (χ1v) is 5.74. The average Bonchev–Trinajstić information content (AvgIpc) is 2.17. The largest absolute Gasteiger partial charge is 0.356 e. The first-order chi connectivity index (χ1) is 6.65. The van der Waals surface area contributed by atoms with Crippen molar-refractivity contribution in [2.24, 2.45) is 0 Å². The molecule has 0 aliphatic rings. The molecule has 1 heterocycles. The highest BCUT2D eigenvalue weighted by molar-refractivity contribution is 7.98. The molecule has 3 nitrogen and oxygen atoms in total. The number of nitrogens with zero attached hydrogens (tertiary/aromatic N) is 3. The molecule has 0 N–H and O–H groups in total. The molecule has 1 unspecified atom stereocenters. The minimum Gasteiger partial charge on any atom is -0.356 e. The van der Waals surface area contributed by atoms with Gasteiger partial charge in [-0.25, -0.2) is 9.97 Å². The van der Waals surface area contributed by atoms with Crippen LogP contribution in [0.25, 0.3) is 0 Å². The third-order valence-corrected chi connectivity index (χ3v) is 2.87. The molecule has 0 spiro atoms. The van der Waals surface area contributed by atoms with Gasteiger partial charge in [-0.15, -0.1) is 0 Å². The van der Waals surface area contributed by atoms with Crippen LogP contribution in [0.15, 0.2) is 12.4 Å². The smallest absolute Gasteiger partial charge is 0.218 e. The Hall–Kier alpha value is -0.840. The Morgan fingerprint density at radius 3 is 2.86 bits per heavy atom. The van der Waals surface area contributed by atoms with E-state index in [4.69, 9.17) is 0 Å². The van der Waals surface area contributed by atoms with Crippen LogP contribution in [-0.4, -0.2) is 35.1 Å². The maximum atomic E-state index is 12.8. The number of hydrogen-bond donors (Lipinski definition) is 0. The van der Waals surface area contributed by atoms with Gasteiger partial charge in [0.2, 0.25) is 5.95 Å². The van der Waals surface area contributed by atoms with E-state index in [0.717, 1.165) is 5.75 Å². The summed E-state index contributed by atoms with van der Waals surface area (Å²) in [7, 11) is 1.91. The normalized spacial score (nSPS) is 12.6. The zero-order valence-electron chi connectivity index (χ0n) is 8.57. The van der Waals surface area contributed by atoms with Gasteiger partial charge in [0, 0.05) is 24.9 Å².